The number of nitrogens with one attached hydrogen (secondary N) is 1. The van der Waals surface area contributed by atoms with Crippen LogP contribution < -0.4 is 5.32 Å². The van der Waals surface area contributed by atoms with E-state index in [-0.39, 0.29) is 0 Å². The molecule has 1 aliphatic heterocycles. The Labute approximate surface area is 132 Å². The van der Waals surface area contributed by atoms with E-state index in [0.29, 0.717) is 0 Å². The van der Waals surface area contributed by atoms with Crippen LogP contribution in [-0.2, 0) is 9.59 Å². The molecule has 2 fully saturated rings. The number of imide groups is 1. The van der Waals surface area contributed by atoms with Gasteiger partial charge in [-0.3, -0.25) is 14.9 Å². The Morgan fingerprint density at radius 2 is 1.39 bits per heavy atom. The zero-order valence-electron chi connectivity index (χ0n) is 8.24. The summed E-state index contributed by atoms with van der Waals surface area (Å²) in [6, 6.07) is 0. The fraction of sp³-hybridized carbons (Fsp3) is 0.556. The molecule has 18 heavy (non-hydrogen) atoms. The first-order valence-electron chi connectivity index (χ1n) is 4.70. The number of hydrogen-bond donors (Lipinski definition) is 1. The number of carbonyl (C=O) groups is 2. The van der Waals surface area contributed by atoms with Gasteiger partial charge in [-0.05, 0) is 0 Å². The van der Waals surface area contributed by atoms with Crippen LogP contribution in [-0.4, -0.2) is 30.2 Å². The van der Waals surface area contributed by atoms with E-state index in [4.69, 9.17) is 69.6 Å². The van der Waals surface area contributed by atoms with Gasteiger partial charge < -0.3 is 0 Å². The van der Waals surface area contributed by atoms with Crippen LogP contribution in [0.5, 0.6) is 0 Å². The zero-order valence-corrected chi connectivity index (χ0v) is 12.8. The molecule has 0 aromatic rings. The molecule has 1 N–H and O–H groups in total. The lowest BCUT2D eigenvalue weighted by molar-refractivity contribution is -0.139. The summed E-state index contributed by atoms with van der Waals surface area (Å²) < 4.78 is -4.00. The van der Waals surface area contributed by atoms with Gasteiger partial charge in [0.1, 0.15) is 10.3 Å². The van der Waals surface area contributed by atoms with Gasteiger partial charge in [-0.25, -0.2) is 0 Å². The molecular formula is C9H3Cl6NO2. The smallest absolute Gasteiger partial charge is 0.253 e. The first-order chi connectivity index (χ1) is 8.01. The summed E-state index contributed by atoms with van der Waals surface area (Å²) in [6.45, 7) is 0. The summed E-state index contributed by atoms with van der Waals surface area (Å²) in [4.78, 5) is 20.3. The molecule has 98 valence electrons. The molecular weight excluding hydrogens is 367 g/mol. The van der Waals surface area contributed by atoms with E-state index < -0.39 is 35.6 Å². The molecule has 3 nitrogen and oxygen atoms in total. The van der Waals surface area contributed by atoms with Crippen molar-refractivity contribution in [1.29, 1.82) is 0 Å². The van der Waals surface area contributed by atoms with E-state index in [2.05, 4.69) is 5.32 Å². The van der Waals surface area contributed by atoms with Crippen molar-refractivity contribution in [2.45, 2.75) is 18.4 Å². The molecule has 0 aromatic carbocycles. The zero-order chi connectivity index (χ0) is 13.8. The summed E-state index contributed by atoms with van der Waals surface area (Å²) in [5.74, 6) is -1.74. The number of alkyl halides is 6. The largest absolute Gasteiger partial charge is 0.294 e. The molecule has 1 heterocycles. The van der Waals surface area contributed by atoms with Crippen LogP contribution in [0.1, 0.15) is 0 Å². The van der Waals surface area contributed by atoms with Crippen LogP contribution in [0, 0.1) is 5.41 Å². The van der Waals surface area contributed by atoms with Gasteiger partial charge in [0.25, 0.3) is 5.91 Å². The predicted octanol–water partition coefficient (Wildman–Crippen LogP) is 2.52. The Balaban J connectivity index is 2.49. The van der Waals surface area contributed by atoms with Gasteiger partial charge in [0.15, 0.2) is 13.5 Å². The molecule has 3 bridgehead atoms. The van der Waals surface area contributed by atoms with Crippen LogP contribution in [0.2, 0.25) is 0 Å². The minimum atomic E-state index is -2.05. The number of rotatable bonds is 0. The first kappa shape index (κ1) is 13.6. The maximum atomic E-state index is 12.1. The quantitative estimate of drug-likeness (QED) is 0.405. The van der Waals surface area contributed by atoms with Crippen molar-refractivity contribution in [2.75, 3.05) is 0 Å². The third-order valence-corrected chi connectivity index (χ3v) is 8.13. The lowest BCUT2D eigenvalue weighted by atomic mass is 9.78. The highest BCUT2D eigenvalue weighted by atomic mass is 35.5. The van der Waals surface area contributed by atoms with Crippen molar-refractivity contribution in [3.63, 3.8) is 0 Å². The van der Waals surface area contributed by atoms with Gasteiger partial charge in [-0.1, -0.05) is 58.6 Å². The molecule has 1 saturated heterocycles. The van der Waals surface area contributed by atoms with Crippen LogP contribution in [0.15, 0.2) is 12.2 Å². The highest BCUT2D eigenvalue weighted by Crippen LogP contribution is 2.80. The molecule has 2 amide bonds. The van der Waals surface area contributed by atoms with E-state index in [0.717, 1.165) is 0 Å². The summed E-state index contributed by atoms with van der Waals surface area (Å²) in [6.07, 6.45) is 2.61. The Kier molecular flexibility index (Phi) is 2.34. The van der Waals surface area contributed by atoms with Crippen molar-refractivity contribution >= 4 is 81.4 Å². The topological polar surface area (TPSA) is 46.2 Å². The van der Waals surface area contributed by atoms with Gasteiger partial charge in [0.2, 0.25) is 5.91 Å². The second-order valence-corrected chi connectivity index (χ2v) is 8.26. The number of amides is 2. The van der Waals surface area contributed by atoms with Crippen molar-refractivity contribution < 1.29 is 9.59 Å². The molecule has 2 aliphatic carbocycles. The van der Waals surface area contributed by atoms with Crippen LogP contribution in [0.25, 0.3) is 0 Å². The molecule has 3 aliphatic rings. The predicted molar refractivity (Wildman–Crippen MR) is 70.8 cm³/mol. The SMILES string of the molecule is O=C1NC(=O)C23C=CC(Cl)(C2(Cl)Cl)C1(Cl)C3(Cl)Cl. The average Bonchev–Trinajstić information content (AvgIpc) is 2.47. The minimum Gasteiger partial charge on any atom is -0.294 e. The summed E-state index contributed by atoms with van der Waals surface area (Å²) in [5.41, 5.74) is -1.79. The van der Waals surface area contributed by atoms with E-state index in [9.17, 15) is 9.59 Å². The number of allylic oxidation sites excluding steroid dienone is 1. The van der Waals surface area contributed by atoms with Crippen LogP contribution in [0.4, 0.5) is 0 Å². The van der Waals surface area contributed by atoms with Gasteiger partial charge in [-0.2, -0.15) is 0 Å². The Bertz CT molecular complexity index is 545. The van der Waals surface area contributed by atoms with E-state index in [1.54, 1.807) is 0 Å². The van der Waals surface area contributed by atoms with Gasteiger partial charge in [0, 0.05) is 0 Å². The lowest BCUT2D eigenvalue weighted by Gasteiger charge is -2.46. The van der Waals surface area contributed by atoms with Gasteiger partial charge in [0.05, 0.1) is 0 Å². The molecule has 0 radical (unpaired) electrons. The third kappa shape index (κ3) is 0.861. The van der Waals surface area contributed by atoms with Crippen molar-refractivity contribution in [2.24, 2.45) is 5.41 Å². The fourth-order valence-corrected chi connectivity index (χ4v) is 6.09. The summed E-state index contributed by atoms with van der Waals surface area (Å²) in [5, 5.41) is 2.06. The van der Waals surface area contributed by atoms with Crippen molar-refractivity contribution in [1.82, 2.24) is 5.32 Å². The normalized spacial score (nSPS) is 50.6. The van der Waals surface area contributed by atoms with Gasteiger partial charge >= 0.3 is 0 Å². The molecule has 3 atom stereocenters. The molecule has 1 spiro atoms. The number of hydrogen-bond acceptors (Lipinski definition) is 2. The molecule has 0 aromatic heterocycles. The maximum Gasteiger partial charge on any atom is 0.253 e. The molecule has 9 heteroatoms. The van der Waals surface area contributed by atoms with Crippen molar-refractivity contribution in [3.8, 4) is 0 Å². The second kappa shape index (κ2) is 3.10. The Morgan fingerprint density at radius 1 is 0.833 bits per heavy atom. The van der Waals surface area contributed by atoms with E-state index >= 15 is 0 Å². The number of carbonyl (C=O) groups excluding carboxylic acids is 2. The number of piperidine rings is 1. The monoisotopic (exact) mass is 367 g/mol. The van der Waals surface area contributed by atoms with E-state index in [1.165, 1.54) is 12.2 Å². The Morgan fingerprint density at radius 3 is 1.94 bits per heavy atom. The molecule has 3 rings (SSSR count). The lowest BCUT2D eigenvalue weighted by Crippen LogP contribution is -2.70. The average molecular weight is 370 g/mol. The Hall–Kier alpha value is 0.620. The van der Waals surface area contributed by atoms with Crippen LogP contribution in [0.3, 0.4) is 0 Å². The second-order valence-electron chi connectivity index (χ2n) is 4.44. The first-order valence-corrected chi connectivity index (χ1v) is 6.97. The molecule has 3 unspecified atom stereocenters. The standard InChI is InChI=1S/C9H3Cl6NO2/c10-6-2-1-5(8(6,12)13)3(17)16-4(18)7(6,11)9(5,14)15/h1-2H,(H,16,17,18). The van der Waals surface area contributed by atoms with Crippen LogP contribution >= 0.6 is 69.6 Å². The summed E-state index contributed by atoms with van der Waals surface area (Å²) >= 11 is 37.3. The highest BCUT2D eigenvalue weighted by molar-refractivity contribution is 6.70. The minimum absolute atomic E-state index is 0.824. The van der Waals surface area contributed by atoms with Crippen molar-refractivity contribution in [3.05, 3.63) is 12.2 Å². The molecule has 1 saturated carbocycles. The number of fused-ring (bicyclic) bond motifs is 3. The maximum absolute atomic E-state index is 12.1. The van der Waals surface area contributed by atoms with E-state index in [1.807, 2.05) is 0 Å². The highest BCUT2D eigenvalue weighted by Gasteiger charge is 2.95. The summed E-state index contributed by atoms with van der Waals surface area (Å²) in [7, 11) is 0. The van der Waals surface area contributed by atoms with Gasteiger partial charge in [-0.15, -0.1) is 23.2 Å². The third-order valence-electron chi connectivity index (χ3n) is 3.84. The fourth-order valence-electron chi connectivity index (χ4n) is 2.83. The number of halogens is 6.